The van der Waals surface area contributed by atoms with Crippen molar-refractivity contribution in [3.05, 3.63) is 58.9 Å². The Bertz CT molecular complexity index is 1530. The highest BCUT2D eigenvalue weighted by Gasteiger charge is 2.58. The van der Waals surface area contributed by atoms with Crippen molar-refractivity contribution in [2.24, 2.45) is 0 Å². The summed E-state index contributed by atoms with van der Waals surface area (Å²) in [6.07, 6.45) is -3.20. The van der Waals surface area contributed by atoms with Crippen molar-refractivity contribution in [3.63, 3.8) is 0 Å². The van der Waals surface area contributed by atoms with Crippen LogP contribution in [0, 0.1) is 17.1 Å². The summed E-state index contributed by atoms with van der Waals surface area (Å²) >= 11 is 6.16. The van der Waals surface area contributed by atoms with Gasteiger partial charge in [0, 0.05) is 12.6 Å². The number of rotatable bonds is 8. The summed E-state index contributed by atoms with van der Waals surface area (Å²) in [5, 5.41) is 10.4. The fraction of sp³-hybridized carbons (Fsp3) is 0.444. The molecule has 2 aromatic carbocycles. The molecule has 1 heterocycles. The zero-order valence-electron chi connectivity index (χ0n) is 21.4. The molecule has 1 N–H and O–H groups in total. The predicted molar refractivity (Wildman–Crippen MR) is 137 cm³/mol. The Morgan fingerprint density at radius 3 is 2.32 bits per heavy atom. The van der Waals surface area contributed by atoms with E-state index in [0.29, 0.717) is 31.2 Å². The number of carbonyl (C=O) groups excluding carboxylic acids is 2. The summed E-state index contributed by atoms with van der Waals surface area (Å²) in [5.41, 5.74) is -1.55. The zero-order chi connectivity index (χ0) is 29.8. The number of halogens is 5. The van der Waals surface area contributed by atoms with E-state index in [2.05, 4.69) is 10.1 Å². The first-order chi connectivity index (χ1) is 19.2. The van der Waals surface area contributed by atoms with Crippen molar-refractivity contribution in [1.29, 1.82) is 5.26 Å². The number of nitrogens with zero attached hydrogens (tertiary/aromatic N) is 2. The summed E-state index contributed by atoms with van der Waals surface area (Å²) in [4.78, 5) is 28.1. The first kappa shape index (κ1) is 29.1. The van der Waals surface area contributed by atoms with Crippen LogP contribution in [0.1, 0.15) is 37.7 Å². The van der Waals surface area contributed by atoms with Crippen molar-refractivity contribution < 1.29 is 40.3 Å². The van der Waals surface area contributed by atoms with E-state index < -0.39 is 62.5 Å². The number of carbonyl (C=O) groups is 2. The maximum absolute atomic E-state index is 13.9. The van der Waals surface area contributed by atoms with Gasteiger partial charge in [-0.05, 0) is 61.9 Å². The van der Waals surface area contributed by atoms with Crippen LogP contribution < -0.4 is 10.1 Å². The number of nitrogens with one attached hydrogen (secondary N) is 1. The molecule has 0 spiro atoms. The van der Waals surface area contributed by atoms with Gasteiger partial charge in [0.1, 0.15) is 23.1 Å². The smallest absolute Gasteiger partial charge is 0.422 e. The minimum absolute atomic E-state index is 0.284. The first-order valence-corrected chi connectivity index (χ1v) is 14.7. The number of nitriles is 1. The number of alkyl halides is 3. The van der Waals surface area contributed by atoms with Gasteiger partial charge in [-0.3, -0.25) is 9.59 Å². The Labute approximate surface area is 238 Å². The maximum Gasteiger partial charge on any atom is 0.422 e. The number of likely N-dealkylation sites (tertiary alicyclic amines) is 1. The molecular formula is C27H24ClF4N3O5S. The van der Waals surface area contributed by atoms with Crippen LogP contribution >= 0.6 is 11.6 Å². The Balaban J connectivity index is 1.43. The molecule has 14 heteroatoms. The fourth-order valence-electron chi connectivity index (χ4n) is 5.15. The van der Waals surface area contributed by atoms with Gasteiger partial charge in [0.25, 0.3) is 0 Å². The van der Waals surface area contributed by atoms with Crippen LogP contribution in [0.4, 0.5) is 17.6 Å². The van der Waals surface area contributed by atoms with Crippen molar-refractivity contribution in [3.8, 4) is 11.8 Å². The van der Waals surface area contributed by atoms with E-state index in [-0.39, 0.29) is 28.6 Å². The monoisotopic (exact) mass is 613 g/mol. The van der Waals surface area contributed by atoms with Crippen molar-refractivity contribution in [2.75, 3.05) is 13.2 Å². The molecule has 0 unspecified atom stereocenters. The molecule has 2 saturated carbocycles. The van der Waals surface area contributed by atoms with Gasteiger partial charge in [-0.15, -0.1) is 0 Å². The second-order valence-electron chi connectivity index (χ2n) is 10.6. The number of hydrogen-bond donors (Lipinski definition) is 1. The topological polar surface area (TPSA) is 117 Å². The average Bonchev–Trinajstić information content (AvgIpc) is 3.83. The quantitative estimate of drug-likeness (QED) is 0.449. The average molecular weight is 614 g/mol. The van der Waals surface area contributed by atoms with Gasteiger partial charge in [-0.2, -0.15) is 18.4 Å². The Morgan fingerprint density at radius 1 is 1.12 bits per heavy atom. The van der Waals surface area contributed by atoms with Crippen LogP contribution in [0.15, 0.2) is 47.4 Å². The molecule has 3 fully saturated rings. The maximum atomic E-state index is 13.9. The summed E-state index contributed by atoms with van der Waals surface area (Å²) in [5.74, 6) is -1.91. The third-order valence-corrected chi connectivity index (χ3v) is 10.4. The van der Waals surface area contributed by atoms with E-state index in [0.717, 1.165) is 18.2 Å². The summed E-state index contributed by atoms with van der Waals surface area (Å²) in [7, 11) is -4.29. The van der Waals surface area contributed by atoms with Crippen LogP contribution in [0.25, 0.3) is 0 Å². The molecule has 0 radical (unpaired) electrons. The lowest BCUT2D eigenvalue weighted by Gasteiger charge is -2.29. The highest BCUT2D eigenvalue weighted by molar-refractivity contribution is 7.92. The Morgan fingerprint density at radius 2 is 1.78 bits per heavy atom. The highest BCUT2D eigenvalue weighted by atomic mass is 35.5. The summed E-state index contributed by atoms with van der Waals surface area (Å²) in [6.45, 7) is -1.95. The molecule has 218 valence electrons. The van der Waals surface area contributed by atoms with Crippen molar-refractivity contribution in [2.45, 2.75) is 65.4 Å². The molecule has 0 aromatic heterocycles. The lowest BCUT2D eigenvalue weighted by molar-refractivity contribution is -0.153. The summed E-state index contributed by atoms with van der Waals surface area (Å²) in [6, 6.07) is 9.26. The molecule has 2 aromatic rings. The fourth-order valence-corrected chi connectivity index (χ4v) is 7.38. The molecule has 5 rings (SSSR count). The number of amides is 2. The van der Waals surface area contributed by atoms with E-state index in [1.807, 2.05) is 6.07 Å². The normalized spacial score (nSPS) is 22.5. The van der Waals surface area contributed by atoms with Gasteiger partial charge >= 0.3 is 6.18 Å². The molecule has 2 aliphatic carbocycles. The SMILES string of the molecule is N#CC1(NC(=O)[C@@H]2C[C@@H](S(=O)(=O)c3ccc(OCC(F)(F)F)cc3Cl)CN2C(=O)C2(c3ccc(F)cc3)CC2)CC1. The predicted octanol–water partition coefficient (Wildman–Crippen LogP) is 4.07. The van der Waals surface area contributed by atoms with E-state index in [1.165, 1.54) is 29.2 Å². The number of sulfone groups is 1. The molecule has 1 aliphatic heterocycles. The van der Waals surface area contributed by atoms with Crippen LogP contribution in [-0.2, 0) is 24.8 Å². The molecule has 8 nitrogen and oxygen atoms in total. The number of benzene rings is 2. The molecule has 0 bridgehead atoms. The van der Waals surface area contributed by atoms with Crippen LogP contribution in [0.3, 0.4) is 0 Å². The van der Waals surface area contributed by atoms with E-state index in [9.17, 15) is 40.8 Å². The van der Waals surface area contributed by atoms with Gasteiger partial charge in [0.2, 0.25) is 11.8 Å². The van der Waals surface area contributed by atoms with Crippen LogP contribution in [0.2, 0.25) is 5.02 Å². The summed E-state index contributed by atoms with van der Waals surface area (Å²) < 4.78 is 83.1. The third kappa shape index (κ3) is 5.72. The largest absolute Gasteiger partial charge is 0.484 e. The third-order valence-electron chi connectivity index (χ3n) is 7.76. The standard InChI is InChI=1S/C27H24ClF4N3O5S/c28-20-11-18(40-15-27(30,31)32)5-6-22(20)41(38,39)19-12-21(23(36)34-25(14-33)7-8-25)35(13-19)24(37)26(9-10-26)16-1-3-17(29)4-2-16/h1-6,11,19,21H,7-10,12-13,15H2,(H,34,36)/t19-,21+/m1/s1. The molecule has 2 atom stereocenters. The molecular weight excluding hydrogens is 590 g/mol. The van der Waals surface area contributed by atoms with Gasteiger partial charge in [-0.1, -0.05) is 23.7 Å². The van der Waals surface area contributed by atoms with Crippen molar-refractivity contribution >= 4 is 33.3 Å². The zero-order valence-corrected chi connectivity index (χ0v) is 23.0. The van der Waals surface area contributed by atoms with Gasteiger partial charge in [-0.25, -0.2) is 12.8 Å². The van der Waals surface area contributed by atoms with E-state index in [4.69, 9.17) is 11.6 Å². The van der Waals surface area contributed by atoms with Crippen molar-refractivity contribution in [1.82, 2.24) is 10.2 Å². The Kier molecular flexibility index (Phi) is 7.22. The minimum atomic E-state index is -4.61. The second-order valence-corrected chi connectivity index (χ2v) is 13.2. The van der Waals surface area contributed by atoms with Gasteiger partial charge < -0.3 is 15.0 Å². The number of hydrogen-bond acceptors (Lipinski definition) is 6. The number of ether oxygens (including phenoxy) is 1. The highest BCUT2D eigenvalue weighted by Crippen LogP contribution is 2.51. The van der Waals surface area contributed by atoms with Gasteiger partial charge in [0.15, 0.2) is 16.4 Å². The lowest BCUT2D eigenvalue weighted by atomic mass is 9.94. The van der Waals surface area contributed by atoms with E-state index >= 15 is 0 Å². The first-order valence-electron chi connectivity index (χ1n) is 12.7. The van der Waals surface area contributed by atoms with E-state index in [1.54, 1.807) is 0 Å². The van der Waals surface area contributed by atoms with Gasteiger partial charge in [0.05, 0.1) is 26.7 Å². The minimum Gasteiger partial charge on any atom is -0.484 e. The molecule has 41 heavy (non-hydrogen) atoms. The molecule has 1 saturated heterocycles. The lowest BCUT2D eigenvalue weighted by Crippen LogP contribution is -2.51. The molecule has 3 aliphatic rings. The second kappa shape index (κ2) is 10.2. The molecule has 2 amide bonds. The Hall–Kier alpha value is -3.37. The van der Waals surface area contributed by atoms with Crippen LogP contribution in [-0.4, -0.2) is 61.3 Å². The van der Waals surface area contributed by atoms with Crippen LogP contribution in [0.5, 0.6) is 5.75 Å².